The summed E-state index contributed by atoms with van der Waals surface area (Å²) in [7, 11) is 0. The van der Waals surface area contributed by atoms with Gasteiger partial charge in [0.1, 0.15) is 0 Å². The van der Waals surface area contributed by atoms with Crippen LogP contribution in [0.1, 0.15) is 26.7 Å². The van der Waals surface area contributed by atoms with E-state index in [2.05, 4.69) is 22.5 Å². The Kier molecular flexibility index (Phi) is 4.17. The predicted molar refractivity (Wildman–Crippen MR) is 56.8 cm³/mol. The van der Waals surface area contributed by atoms with Crippen molar-refractivity contribution >= 4 is 11.8 Å². The summed E-state index contributed by atoms with van der Waals surface area (Å²) in [6.07, 6.45) is 0.993. The first kappa shape index (κ1) is 11.6. The molecular formula is C11H16N2O2. The van der Waals surface area contributed by atoms with Crippen molar-refractivity contribution in [2.24, 2.45) is 5.92 Å². The van der Waals surface area contributed by atoms with Crippen LogP contribution in [0.25, 0.3) is 0 Å². The summed E-state index contributed by atoms with van der Waals surface area (Å²) in [5.74, 6) is 5.14. The molecule has 4 heteroatoms. The van der Waals surface area contributed by atoms with Gasteiger partial charge in [-0.3, -0.25) is 9.59 Å². The first-order valence-electron chi connectivity index (χ1n) is 5.10. The van der Waals surface area contributed by atoms with Gasteiger partial charge in [-0.25, -0.2) is 0 Å². The molecule has 2 atom stereocenters. The van der Waals surface area contributed by atoms with Crippen molar-refractivity contribution < 1.29 is 9.59 Å². The van der Waals surface area contributed by atoms with E-state index < -0.39 is 0 Å². The minimum absolute atomic E-state index is 0.0459. The molecule has 1 saturated heterocycles. The molecule has 0 spiro atoms. The fourth-order valence-electron chi connectivity index (χ4n) is 1.69. The zero-order chi connectivity index (χ0) is 11.3. The monoisotopic (exact) mass is 208 g/mol. The lowest BCUT2D eigenvalue weighted by molar-refractivity contribution is -0.133. The van der Waals surface area contributed by atoms with Crippen LogP contribution in [0.15, 0.2) is 0 Å². The van der Waals surface area contributed by atoms with Crippen LogP contribution in [0.5, 0.6) is 0 Å². The molecule has 2 N–H and O–H groups in total. The third kappa shape index (κ3) is 3.62. The van der Waals surface area contributed by atoms with Crippen LogP contribution in [-0.2, 0) is 9.59 Å². The van der Waals surface area contributed by atoms with E-state index in [9.17, 15) is 9.59 Å². The van der Waals surface area contributed by atoms with Crippen LogP contribution in [0, 0.1) is 17.8 Å². The molecule has 1 rings (SSSR count). The van der Waals surface area contributed by atoms with E-state index >= 15 is 0 Å². The van der Waals surface area contributed by atoms with Crippen molar-refractivity contribution in [1.82, 2.24) is 10.6 Å². The van der Waals surface area contributed by atoms with Crippen molar-refractivity contribution in [3.8, 4) is 11.8 Å². The highest BCUT2D eigenvalue weighted by Crippen LogP contribution is 2.16. The summed E-state index contributed by atoms with van der Waals surface area (Å²) >= 11 is 0. The molecule has 2 amide bonds. The first-order valence-corrected chi connectivity index (χ1v) is 5.10. The molecule has 1 fully saturated rings. The lowest BCUT2D eigenvalue weighted by Gasteiger charge is -2.26. The molecule has 0 saturated carbocycles. The maximum atomic E-state index is 11.6. The number of hydrogen-bond acceptors (Lipinski definition) is 2. The normalized spacial score (nSPS) is 24.8. The zero-order valence-corrected chi connectivity index (χ0v) is 9.09. The van der Waals surface area contributed by atoms with E-state index in [4.69, 9.17) is 0 Å². The quantitative estimate of drug-likeness (QED) is 0.629. The third-order valence-electron chi connectivity index (χ3n) is 2.38. The Labute approximate surface area is 89.8 Å². The standard InChI is InChI=1S/C11H16N2O2/c1-3-4-5-12-11(15)9-6-8(2)13-10(14)7-9/h8-9H,5-7H2,1-2H3,(H,12,15)(H,13,14). The van der Waals surface area contributed by atoms with E-state index in [1.54, 1.807) is 6.92 Å². The lowest BCUT2D eigenvalue weighted by atomic mass is 9.92. The number of hydrogen-bond donors (Lipinski definition) is 2. The van der Waals surface area contributed by atoms with Gasteiger partial charge in [0.2, 0.25) is 11.8 Å². The Balaban J connectivity index is 2.43. The van der Waals surface area contributed by atoms with Crippen LogP contribution >= 0.6 is 0 Å². The molecule has 2 unspecified atom stereocenters. The molecule has 15 heavy (non-hydrogen) atoms. The minimum atomic E-state index is -0.201. The molecule has 1 aliphatic rings. The summed E-state index contributed by atoms with van der Waals surface area (Å²) in [4.78, 5) is 22.8. The van der Waals surface area contributed by atoms with Gasteiger partial charge in [-0.15, -0.1) is 5.92 Å². The average molecular weight is 208 g/mol. The number of carbonyl (C=O) groups excluding carboxylic acids is 2. The van der Waals surface area contributed by atoms with Crippen LogP contribution in [-0.4, -0.2) is 24.4 Å². The molecular weight excluding hydrogens is 192 g/mol. The molecule has 4 nitrogen and oxygen atoms in total. The fraction of sp³-hybridized carbons (Fsp3) is 0.636. The number of carbonyl (C=O) groups is 2. The smallest absolute Gasteiger partial charge is 0.224 e. The maximum Gasteiger partial charge on any atom is 0.224 e. The largest absolute Gasteiger partial charge is 0.354 e. The van der Waals surface area contributed by atoms with E-state index in [0.29, 0.717) is 13.0 Å². The highest BCUT2D eigenvalue weighted by atomic mass is 16.2. The Morgan fingerprint density at radius 1 is 1.67 bits per heavy atom. The van der Waals surface area contributed by atoms with Crippen molar-refractivity contribution in [3.05, 3.63) is 0 Å². The van der Waals surface area contributed by atoms with Crippen molar-refractivity contribution in [2.45, 2.75) is 32.7 Å². The Morgan fingerprint density at radius 3 is 3.00 bits per heavy atom. The van der Waals surface area contributed by atoms with E-state index in [0.717, 1.165) is 0 Å². The van der Waals surface area contributed by atoms with Crippen molar-refractivity contribution in [3.63, 3.8) is 0 Å². The minimum Gasteiger partial charge on any atom is -0.354 e. The molecule has 0 aromatic rings. The molecule has 0 aromatic carbocycles. The molecule has 0 aliphatic carbocycles. The number of piperidine rings is 1. The van der Waals surface area contributed by atoms with Crippen LogP contribution < -0.4 is 10.6 Å². The van der Waals surface area contributed by atoms with Crippen LogP contribution in [0.4, 0.5) is 0 Å². The SMILES string of the molecule is CC#CCNC(=O)C1CC(=O)NC(C)C1. The van der Waals surface area contributed by atoms with Gasteiger partial charge in [0.15, 0.2) is 0 Å². The predicted octanol–water partition coefficient (Wildman–Crippen LogP) is 0.0406. The van der Waals surface area contributed by atoms with Crippen molar-refractivity contribution in [2.75, 3.05) is 6.54 Å². The van der Waals surface area contributed by atoms with Gasteiger partial charge in [0.25, 0.3) is 0 Å². The summed E-state index contributed by atoms with van der Waals surface area (Å²) in [6.45, 7) is 3.99. The highest BCUT2D eigenvalue weighted by molar-refractivity contribution is 5.87. The van der Waals surface area contributed by atoms with Gasteiger partial charge in [-0.1, -0.05) is 5.92 Å². The summed E-state index contributed by atoms with van der Waals surface area (Å²) in [5, 5.41) is 5.49. The van der Waals surface area contributed by atoms with Gasteiger partial charge in [0.05, 0.1) is 6.54 Å². The lowest BCUT2D eigenvalue weighted by Crippen LogP contribution is -2.45. The summed E-state index contributed by atoms with van der Waals surface area (Å²) in [6, 6.07) is 0.0826. The molecule has 0 bridgehead atoms. The van der Waals surface area contributed by atoms with Gasteiger partial charge in [0, 0.05) is 18.4 Å². The Hall–Kier alpha value is -1.50. The van der Waals surface area contributed by atoms with Gasteiger partial charge in [-0.2, -0.15) is 0 Å². The van der Waals surface area contributed by atoms with Crippen LogP contribution in [0.3, 0.4) is 0 Å². The number of amides is 2. The van der Waals surface area contributed by atoms with E-state index in [-0.39, 0.29) is 30.2 Å². The Morgan fingerprint density at radius 2 is 2.40 bits per heavy atom. The van der Waals surface area contributed by atoms with Gasteiger partial charge < -0.3 is 10.6 Å². The second-order valence-corrected chi connectivity index (χ2v) is 3.75. The number of rotatable bonds is 2. The van der Waals surface area contributed by atoms with E-state index in [1.165, 1.54) is 0 Å². The van der Waals surface area contributed by atoms with Crippen molar-refractivity contribution in [1.29, 1.82) is 0 Å². The topological polar surface area (TPSA) is 58.2 Å². The van der Waals surface area contributed by atoms with Crippen LogP contribution in [0.2, 0.25) is 0 Å². The zero-order valence-electron chi connectivity index (χ0n) is 9.09. The Bertz CT molecular complexity index is 314. The second-order valence-electron chi connectivity index (χ2n) is 3.75. The summed E-state index contributed by atoms with van der Waals surface area (Å²) in [5.41, 5.74) is 0. The fourth-order valence-corrected chi connectivity index (χ4v) is 1.69. The second kappa shape index (κ2) is 5.40. The van der Waals surface area contributed by atoms with Gasteiger partial charge >= 0.3 is 0 Å². The number of nitrogens with one attached hydrogen (secondary N) is 2. The molecule has 1 aliphatic heterocycles. The highest BCUT2D eigenvalue weighted by Gasteiger charge is 2.28. The van der Waals surface area contributed by atoms with E-state index in [1.807, 2.05) is 6.92 Å². The summed E-state index contributed by atoms with van der Waals surface area (Å²) < 4.78 is 0. The maximum absolute atomic E-state index is 11.6. The molecule has 82 valence electrons. The third-order valence-corrected chi connectivity index (χ3v) is 2.38. The average Bonchev–Trinajstić information content (AvgIpc) is 2.16. The molecule has 0 aromatic heterocycles. The first-order chi connectivity index (χ1) is 7.13. The molecule has 0 radical (unpaired) electrons. The molecule has 1 heterocycles. The van der Waals surface area contributed by atoms with Gasteiger partial charge in [-0.05, 0) is 20.3 Å².